The lowest BCUT2D eigenvalue weighted by molar-refractivity contribution is -0.149. The summed E-state index contributed by atoms with van der Waals surface area (Å²) >= 11 is 3.57. The highest BCUT2D eigenvalue weighted by Gasteiger charge is 2.41. The van der Waals surface area contributed by atoms with Gasteiger partial charge in [-0.15, -0.1) is 0 Å². The van der Waals surface area contributed by atoms with Gasteiger partial charge in [0.2, 0.25) is 5.78 Å². The Morgan fingerprint density at radius 2 is 1.70 bits per heavy atom. The zero-order valence-electron chi connectivity index (χ0n) is 20.2. The van der Waals surface area contributed by atoms with Crippen molar-refractivity contribution in [2.45, 2.75) is 51.5 Å². The van der Waals surface area contributed by atoms with E-state index in [4.69, 9.17) is 0 Å². The van der Waals surface area contributed by atoms with Gasteiger partial charge >= 0.3 is 12.4 Å². The summed E-state index contributed by atoms with van der Waals surface area (Å²) in [6, 6.07) is 12.5. The molecule has 2 heterocycles. The third-order valence-electron chi connectivity index (χ3n) is 6.66. The molecule has 4 aromatic rings. The fraction of sp³-hybridized carbons (Fsp3) is 0.423. The van der Waals surface area contributed by atoms with Crippen LogP contribution in [-0.4, -0.2) is 38.1 Å². The number of rotatable bonds is 7. The molecule has 11 heteroatoms. The van der Waals surface area contributed by atoms with Crippen molar-refractivity contribution in [2.75, 3.05) is 13.1 Å². The fourth-order valence-electron chi connectivity index (χ4n) is 4.78. The van der Waals surface area contributed by atoms with E-state index >= 15 is 0 Å². The van der Waals surface area contributed by atoms with Crippen LogP contribution < -0.4 is 0 Å². The first-order valence-electron chi connectivity index (χ1n) is 12.0. The smallest absolute Gasteiger partial charge is 0.289 e. The maximum absolute atomic E-state index is 14.2. The minimum absolute atomic E-state index is 0.0000902. The highest BCUT2D eigenvalue weighted by Crippen LogP contribution is 2.39. The molecule has 0 aliphatic heterocycles. The third kappa shape index (κ3) is 5.25. The van der Waals surface area contributed by atoms with Crippen molar-refractivity contribution >= 4 is 32.7 Å². The average Bonchev–Trinajstić information content (AvgIpc) is 3.43. The minimum Gasteiger partial charge on any atom is -0.289 e. The topological polar surface area (TPSA) is 25.5 Å². The molecule has 0 amide bonds. The first-order chi connectivity index (χ1) is 17.3. The van der Waals surface area contributed by atoms with E-state index in [1.54, 1.807) is 28.8 Å². The van der Waals surface area contributed by atoms with E-state index in [1.807, 2.05) is 32.0 Å². The molecule has 0 unspecified atom stereocenters. The monoisotopic (exact) mass is 586 g/mol. The molecule has 37 heavy (non-hydrogen) atoms. The maximum atomic E-state index is 14.2. The van der Waals surface area contributed by atoms with Crippen LogP contribution in [0.25, 0.3) is 22.5 Å². The summed E-state index contributed by atoms with van der Waals surface area (Å²) in [6.07, 6.45) is -7.81. The van der Waals surface area contributed by atoms with Gasteiger partial charge in [-0.05, 0) is 70.4 Å². The Morgan fingerprint density at radius 1 is 1.03 bits per heavy atom. The molecule has 1 aliphatic rings. The number of para-hydroxylation sites is 2. The van der Waals surface area contributed by atoms with E-state index < -0.39 is 31.1 Å². The van der Waals surface area contributed by atoms with Gasteiger partial charge in [-0.1, -0.05) is 32.0 Å². The van der Waals surface area contributed by atoms with Gasteiger partial charge in [0.05, 0.1) is 29.0 Å². The SMILES string of the molecule is CC(C)c1ccc(-n2c3ccccc3n3c(CN(CC4CC4)CC(F)(F)F)c(C(F)(F)F)nc23)c(Br)c1. The molecule has 2 aromatic heterocycles. The van der Waals surface area contributed by atoms with Crippen LogP contribution in [0.3, 0.4) is 0 Å². The van der Waals surface area contributed by atoms with Gasteiger partial charge in [-0.3, -0.25) is 13.9 Å². The number of halogens is 7. The summed E-state index contributed by atoms with van der Waals surface area (Å²) in [5.41, 5.74) is 1.21. The van der Waals surface area contributed by atoms with E-state index in [0.717, 1.165) is 23.3 Å². The van der Waals surface area contributed by atoms with E-state index in [1.165, 1.54) is 4.40 Å². The molecule has 1 fully saturated rings. The van der Waals surface area contributed by atoms with E-state index in [0.29, 0.717) is 21.2 Å². The predicted octanol–water partition coefficient (Wildman–Crippen LogP) is 7.96. The number of alkyl halides is 6. The average molecular weight is 587 g/mol. The Labute approximate surface area is 218 Å². The first-order valence-corrected chi connectivity index (χ1v) is 12.8. The molecule has 5 rings (SSSR count). The molecule has 1 aliphatic carbocycles. The lowest BCUT2D eigenvalue weighted by Gasteiger charge is -2.24. The van der Waals surface area contributed by atoms with Crippen molar-refractivity contribution < 1.29 is 26.3 Å². The largest absolute Gasteiger partial charge is 0.435 e. The molecular weight excluding hydrogens is 562 g/mol. The highest BCUT2D eigenvalue weighted by molar-refractivity contribution is 9.10. The molecule has 1 saturated carbocycles. The standard InChI is InChI=1S/C26H25BrF6N4/c1-15(2)17-9-10-19(18(27)11-17)36-20-5-3-4-6-21(20)37-22(23(26(31,32)33)34-24(36)37)13-35(12-16-7-8-16)14-25(28,29)30/h3-6,9-11,15-16H,7-8,12-14H2,1-2H3. The Kier molecular flexibility index (Phi) is 6.59. The number of aromatic nitrogens is 3. The van der Waals surface area contributed by atoms with Crippen molar-refractivity contribution in [2.24, 2.45) is 5.92 Å². The van der Waals surface area contributed by atoms with Gasteiger partial charge < -0.3 is 0 Å². The van der Waals surface area contributed by atoms with Crippen LogP contribution in [0.5, 0.6) is 0 Å². The van der Waals surface area contributed by atoms with E-state index in [2.05, 4.69) is 20.9 Å². The Balaban J connectivity index is 1.74. The second kappa shape index (κ2) is 9.34. The van der Waals surface area contributed by atoms with Gasteiger partial charge in [0.15, 0.2) is 5.69 Å². The lowest BCUT2D eigenvalue weighted by atomic mass is 10.0. The Bertz CT molecular complexity index is 1450. The second-order valence-corrected chi connectivity index (χ2v) is 10.8. The van der Waals surface area contributed by atoms with E-state index in [-0.39, 0.29) is 29.9 Å². The minimum atomic E-state index is -4.84. The van der Waals surface area contributed by atoms with Crippen LogP contribution in [0.15, 0.2) is 46.9 Å². The number of hydrogen-bond acceptors (Lipinski definition) is 2. The normalized spacial score (nSPS) is 15.1. The molecule has 0 bridgehead atoms. The van der Waals surface area contributed by atoms with Crippen LogP contribution in [0.2, 0.25) is 0 Å². The van der Waals surface area contributed by atoms with Crippen molar-refractivity contribution in [1.82, 2.24) is 18.9 Å². The summed E-state index contributed by atoms with van der Waals surface area (Å²) in [5, 5.41) is 0. The first kappa shape index (κ1) is 26.1. The molecule has 0 N–H and O–H groups in total. The summed E-state index contributed by atoms with van der Waals surface area (Å²) in [4.78, 5) is 5.08. The summed E-state index contributed by atoms with van der Waals surface area (Å²) in [5.74, 6) is 0.310. The molecule has 0 spiro atoms. The van der Waals surface area contributed by atoms with Crippen LogP contribution in [0, 0.1) is 5.92 Å². The van der Waals surface area contributed by atoms with Crippen LogP contribution in [0.1, 0.15) is 49.6 Å². The summed E-state index contributed by atoms with van der Waals surface area (Å²) in [6.45, 7) is 2.36. The van der Waals surface area contributed by atoms with Crippen molar-refractivity contribution in [3.05, 3.63) is 63.9 Å². The van der Waals surface area contributed by atoms with E-state index in [9.17, 15) is 26.3 Å². The molecule has 2 aromatic carbocycles. The van der Waals surface area contributed by atoms with Crippen LogP contribution in [-0.2, 0) is 12.7 Å². The van der Waals surface area contributed by atoms with Crippen LogP contribution >= 0.6 is 15.9 Å². The maximum Gasteiger partial charge on any atom is 0.435 e. The molecule has 0 atom stereocenters. The third-order valence-corrected chi connectivity index (χ3v) is 7.29. The Hall–Kier alpha value is -2.53. The molecule has 0 saturated heterocycles. The number of benzene rings is 2. The number of fused-ring (bicyclic) bond motifs is 3. The highest BCUT2D eigenvalue weighted by atomic mass is 79.9. The van der Waals surface area contributed by atoms with Crippen molar-refractivity contribution in [3.63, 3.8) is 0 Å². The van der Waals surface area contributed by atoms with Crippen LogP contribution in [0.4, 0.5) is 26.3 Å². The second-order valence-electron chi connectivity index (χ2n) is 9.96. The van der Waals surface area contributed by atoms with Crippen molar-refractivity contribution in [1.29, 1.82) is 0 Å². The number of nitrogens with zero attached hydrogens (tertiary/aromatic N) is 4. The van der Waals surface area contributed by atoms with Gasteiger partial charge in [-0.2, -0.15) is 26.3 Å². The number of hydrogen-bond donors (Lipinski definition) is 0. The summed E-state index contributed by atoms with van der Waals surface area (Å²) in [7, 11) is 0. The number of imidazole rings is 2. The fourth-order valence-corrected chi connectivity index (χ4v) is 5.36. The quantitative estimate of drug-likeness (QED) is 0.205. The van der Waals surface area contributed by atoms with Gasteiger partial charge in [0.1, 0.15) is 0 Å². The zero-order chi connectivity index (χ0) is 26.7. The van der Waals surface area contributed by atoms with Crippen molar-refractivity contribution in [3.8, 4) is 5.69 Å². The lowest BCUT2D eigenvalue weighted by Crippen LogP contribution is -2.36. The molecule has 198 valence electrons. The van der Waals surface area contributed by atoms with Gasteiger partial charge in [0.25, 0.3) is 0 Å². The summed E-state index contributed by atoms with van der Waals surface area (Å²) < 4.78 is 86.5. The van der Waals surface area contributed by atoms with Gasteiger partial charge in [-0.25, -0.2) is 4.98 Å². The van der Waals surface area contributed by atoms with Gasteiger partial charge in [0, 0.05) is 17.6 Å². The molecule has 0 radical (unpaired) electrons. The molecular formula is C26H25BrF6N4. The molecule has 4 nitrogen and oxygen atoms in total. The zero-order valence-corrected chi connectivity index (χ0v) is 21.8. The predicted molar refractivity (Wildman–Crippen MR) is 133 cm³/mol. The Morgan fingerprint density at radius 3 is 2.27 bits per heavy atom.